The van der Waals surface area contributed by atoms with E-state index in [-0.39, 0.29) is 12.5 Å². The van der Waals surface area contributed by atoms with E-state index in [0.29, 0.717) is 19.6 Å². The first kappa shape index (κ1) is 15.3. The van der Waals surface area contributed by atoms with Crippen molar-refractivity contribution in [2.24, 2.45) is 5.84 Å². The number of nitrogens with zero attached hydrogens (tertiary/aromatic N) is 1. The summed E-state index contributed by atoms with van der Waals surface area (Å²) in [5.74, 6) is 4.83. The molecule has 0 radical (unpaired) electrons. The SMILES string of the molecule is COCCN(CCO)CCCCC(=O)NN. The highest BCUT2D eigenvalue weighted by Crippen LogP contribution is 1.98. The van der Waals surface area contributed by atoms with Crippen LogP contribution in [0.3, 0.4) is 0 Å². The molecule has 0 aliphatic rings. The Balaban J connectivity index is 3.54. The van der Waals surface area contributed by atoms with Crippen LogP contribution in [0, 0.1) is 0 Å². The van der Waals surface area contributed by atoms with Gasteiger partial charge in [-0.3, -0.25) is 15.1 Å². The van der Waals surface area contributed by atoms with Crippen molar-refractivity contribution in [3.05, 3.63) is 0 Å². The lowest BCUT2D eigenvalue weighted by atomic mass is 10.2. The summed E-state index contributed by atoms with van der Waals surface area (Å²) in [4.78, 5) is 13.0. The number of nitrogens with one attached hydrogen (secondary N) is 1. The van der Waals surface area contributed by atoms with E-state index in [1.807, 2.05) is 0 Å². The molecule has 6 heteroatoms. The third kappa shape index (κ3) is 8.60. The Kier molecular flexibility index (Phi) is 10.3. The van der Waals surface area contributed by atoms with Crippen LogP contribution < -0.4 is 11.3 Å². The topological polar surface area (TPSA) is 87.8 Å². The highest BCUT2D eigenvalue weighted by atomic mass is 16.5. The molecular weight excluding hydrogens is 210 g/mol. The average molecular weight is 233 g/mol. The Morgan fingerprint density at radius 3 is 2.69 bits per heavy atom. The van der Waals surface area contributed by atoms with Crippen molar-refractivity contribution in [1.29, 1.82) is 0 Å². The van der Waals surface area contributed by atoms with Crippen LogP contribution in [0.15, 0.2) is 0 Å². The third-order valence-electron chi connectivity index (χ3n) is 2.32. The molecule has 0 atom stereocenters. The lowest BCUT2D eigenvalue weighted by molar-refractivity contribution is -0.121. The minimum atomic E-state index is -0.134. The monoisotopic (exact) mass is 233 g/mol. The van der Waals surface area contributed by atoms with Crippen LogP contribution in [0.1, 0.15) is 19.3 Å². The molecule has 0 saturated heterocycles. The van der Waals surface area contributed by atoms with Crippen LogP contribution in [0.2, 0.25) is 0 Å². The number of aliphatic hydroxyl groups excluding tert-OH is 1. The van der Waals surface area contributed by atoms with Crippen LogP contribution >= 0.6 is 0 Å². The van der Waals surface area contributed by atoms with Crippen LogP contribution in [0.5, 0.6) is 0 Å². The number of carbonyl (C=O) groups is 1. The van der Waals surface area contributed by atoms with Gasteiger partial charge in [-0.25, -0.2) is 5.84 Å². The quantitative estimate of drug-likeness (QED) is 0.197. The lowest BCUT2D eigenvalue weighted by Gasteiger charge is -2.20. The van der Waals surface area contributed by atoms with Gasteiger partial charge in [0.05, 0.1) is 13.2 Å². The maximum absolute atomic E-state index is 10.8. The molecule has 0 heterocycles. The molecular formula is C10H23N3O3. The van der Waals surface area contributed by atoms with Crippen molar-refractivity contribution in [1.82, 2.24) is 10.3 Å². The van der Waals surface area contributed by atoms with E-state index >= 15 is 0 Å². The molecule has 0 spiro atoms. The zero-order valence-electron chi connectivity index (χ0n) is 9.95. The number of rotatable bonds is 10. The van der Waals surface area contributed by atoms with Gasteiger partial charge in [0.2, 0.25) is 5.91 Å². The second-order valence-electron chi connectivity index (χ2n) is 3.58. The van der Waals surface area contributed by atoms with Crippen LogP contribution in [0.25, 0.3) is 0 Å². The van der Waals surface area contributed by atoms with Gasteiger partial charge in [-0.1, -0.05) is 0 Å². The maximum atomic E-state index is 10.8. The molecule has 16 heavy (non-hydrogen) atoms. The Morgan fingerprint density at radius 1 is 1.38 bits per heavy atom. The molecule has 0 saturated carbocycles. The summed E-state index contributed by atoms with van der Waals surface area (Å²) in [5.41, 5.74) is 2.10. The van der Waals surface area contributed by atoms with Gasteiger partial charge >= 0.3 is 0 Å². The third-order valence-corrected chi connectivity index (χ3v) is 2.32. The van der Waals surface area contributed by atoms with Crippen molar-refractivity contribution in [2.75, 3.05) is 40.0 Å². The van der Waals surface area contributed by atoms with E-state index in [9.17, 15) is 4.79 Å². The van der Waals surface area contributed by atoms with Crippen molar-refractivity contribution < 1.29 is 14.6 Å². The largest absolute Gasteiger partial charge is 0.395 e. The van der Waals surface area contributed by atoms with E-state index in [1.54, 1.807) is 7.11 Å². The highest BCUT2D eigenvalue weighted by Gasteiger charge is 2.04. The summed E-state index contributed by atoms with van der Waals surface area (Å²) in [5, 5.41) is 8.86. The highest BCUT2D eigenvalue weighted by molar-refractivity contribution is 5.74. The molecule has 0 aromatic heterocycles. The second-order valence-corrected chi connectivity index (χ2v) is 3.58. The standard InChI is InChI=1S/C10H23N3O3/c1-16-9-7-13(6-8-14)5-3-2-4-10(15)12-11/h14H,2-9,11H2,1H3,(H,12,15). The predicted octanol–water partition coefficient (Wildman–Crippen LogP) is -0.913. The minimum absolute atomic E-state index is 0.134. The molecule has 0 fully saturated rings. The van der Waals surface area contributed by atoms with E-state index in [2.05, 4.69) is 10.3 Å². The molecule has 0 aliphatic heterocycles. The van der Waals surface area contributed by atoms with Gasteiger partial charge in [0.25, 0.3) is 0 Å². The number of carbonyl (C=O) groups excluding carboxylic acids is 1. The fourth-order valence-electron chi connectivity index (χ4n) is 1.39. The fraction of sp³-hybridized carbons (Fsp3) is 0.900. The lowest BCUT2D eigenvalue weighted by Crippen LogP contribution is -2.32. The molecule has 4 N–H and O–H groups in total. The van der Waals surface area contributed by atoms with Crippen LogP contribution in [-0.2, 0) is 9.53 Å². The smallest absolute Gasteiger partial charge is 0.233 e. The van der Waals surface area contributed by atoms with E-state index in [4.69, 9.17) is 15.7 Å². The van der Waals surface area contributed by atoms with E-state index in [1.165, 1.54) is 0 Å². The first-order valence-electron chi connectivity index (χ1n) is 5.56. The number of unbranched alkanes of at least 4 members (excludes halogenated alkanes) is 1. The molecule has 0 unspecified atom stereocenters. The number of hydrogen-bond donors (Lipinski definition) is 3. The Morgan fingerprint density at radius 2 is 2.12 bits per heavy atom. The van der Waals surface area contributed by atoms with Gasteiger partial charge < -0.3 is 9.84 Å². The predicted molar refractivity (Wildman–Crippen MR) is 61.6 cm³/mol. The van der Waals surface area contributed by atoms with Gasteiger partial charge in [0, 0.05) is 26.6 Å². The number of amides is 1. The van der Waals surface area contributed by atoms with Gasteiger partial charge in [0.1, 0.15) is 0 Å². The molecule has 1 amide bonds. The zero-order chi connectivity index (χ0) is 12.2. The van der Waals surface area contributed by atoms with Gasteiger partial charge in [-0.2, -0.15) is 0 Å². The van der Waals surface area contributed by atoms with Gasteiger partial charge in [-0.05, 0) is 19.4 Å². The molecule has 6 nitrogen and oxygen atoms in total. The summed E-state index contributed by atoms with van der Waals surface area (Å²) in [7, 11) is 1.66. The summed E-state index contributed by atoms with van der Waals surface area (Å²) in [6, 6.07) is 0. The molecule has 0 aliphatic carbocycles. The van der Waals surface area contributed by atoms with E-state index in [0.717, 1.165) is 25.9 Å². The molecule has 0 aromatic rings. The molecule has 0 aromatic carbocycles. The molecule has 96 valence electrons. The number of methoxy groups -OCH3 is 1. The Bertz CT molecular complexity index is 179. The maximum Gasteiger partial charge on any atom is 0.233 e. The molecule has 0 rings (SSSR count). The number of hydrazine groups is 1. The number of ether oxygens (including phenoxy) is 1. The average Bonchev–Trinajstić information content (AvgIpc) is 2.30. The van der Waals surface area contributed by atoms with Crippen LogP contribution in [0.4, 0.5) is 0 Å². The second kappa shape index (κ2) is 10.8. The Hall–Kier alpha value is -0.690. The number of hydrogen-bond acceptors (Lipinski definition) is 5. The fourth-order valence-corrected chi connectivity index (χ4v) is 1.39. The summed E-state index contributed by atoms with van der Waals surface area (Å²) in [6.45, 7) is 3.12. The summed E-state index contributed by atoms with van der Waals surface area (Å²) >= 11 is 0. The first-order valence-corrected chi connectivity index (χ1v) is 5.56. The zero-order valence-corrected chi connectivity index (χ0v) is 9.95. The van der Waals surface area contributed by atoms with Crippen molar-refractivity contribution in [2.45, 2.75) is 19.3 Å². The number of aliphatic hydroxyl groups is 1. The Labute approximate surface area is 96.7 Å². The van der Waals surface area contributed by atoms with Crippen LogP contribution in [-0.4, -0.2) is 55.9 Å². The van der Waals surface area contributed by atoms with Crippen molar-refractivity contribution in [3.8, 4) is 0 Å². The van der Waals surface area contributed by atoms with Gasteiger partial charge in [-0.15, -0.1) is 0 Å². The van der Waals surface area contributed by atoms with Crippen molar-refractivity contribution >= 4 is 5.91 Å². The van der Waals surface area contributed by atoms with Gasteiger partial charge in [0.15, 0.2) is 0 Å². The minimum Gasteiger partial charge on any atom is -0.395 e. The van der Waals surface area contributed by atoms with E-state index < -0.39 is 0 Å². The first-order chi connectivity index (χ1) is 7.74. The normalized spacial score (nSPS) is 10.8. The molecule has 0 bridgehead atoms. The summed E-state index contributed by atoms with van der Waals surface area (Å²) < 4.78 is 4.98. The summed E-state index contributed by atoms with van der Waals surface area (Å²) in [6.07, 6.45) is 2.17. The van der Waals surface area contributed by atoms with Crippen molar-refractivity contribution in [3.63, 3.8) is 0 Å². The number of nitrogens with two attached hydrogens (primary N) is 1.